The number of nitrogens with one attached hydrogen (secondary N) is 1. The van der Waals surface area contributed by atoms with E-state index in [4.69, 9.17) is 15.2 Å². The van der Waals surface area contributed by atoms with E-state index in [0.29, 0.717) is 11.5 Å². The van der Waals surface area contributed by atoms with Crippen LogP contribution in [-0.2, 0) is 4.79 Å². The van der Waals surface area contributed by atoms with Crippen LogP contribution < -0.4 is 20.5 Å². The molecule has 0 spiro atoms. The van der Waals surface area contributed by atoms with Crippen LogP contribution in [0.4, 0.5) is 15.8 Å². The van der Waals surface area contributed by atoms with Crippen LogP contribution >= 0.6 is 0 Å². The number of fused-ring (bicyclic) bond motifs is 1. The molecule has 1 aliphatic heterocycles. The van der Waals surface area contributed by atoms with Crippen molar-refractivity contribution in [3.05, 3.63) is 48.3 Å². The molecule has 3 N–H and O–H groups in total. The number of carbonyl (C=O) groups is 1. The van der Waals surface area contributed by atoms with Crippen molar-refractivity contribution in [1.82, 2.24) is 0 Å². The van der Waals surface area contributed by atoms with E-state index >= 15 is 0 Å². The number of ether oxygens (including phenoxy) is 2. The molecule has 1 atom stereocenters. The van der Waals surface area contributed by atoms with E-state index in [1.165, 1.54) is 18.2 Å². The van der Waals surface area contributed by atoms with E-state index in [1.807, 2.05) is 6.07 Å². The smallest absolute Gasteiger partial charge is 0.269 e. The number of amides is 1. The number of carbonyl (C=O) groups excluding carboxylic acids is 1. The molecule has 1 aliphatic rings. The van der Waals surface area contributed by atoms with Crippen LogP contribution in [0.3, 0.4) is 0 Å². The molecule has 21 heavy (non-hydrogen) atoms. The third-order valence-corrected chi connectivity index (χ3v) is 2.99. The highest BCUT2D eigenvalue weighted by Crippen LogP contribution is 2.31. The number of nitrogen functional groups attached to an aromatic ring is 1. The Labute approximate surface area is 120 Å². The first-order valence-corrected chi connectivity index (χ1v) is 6.37. The SMILES string of the molecule is Nc1cc(F)cc(NC(=O)C2COc3ccccc3O2)c1. The van der Waals surface area contributed by atoms with E-state index in [0.717, 1.165) is 0 Å². The highest BCUT2D eigenvalue weighted by molar-refractivity contribution is 5.95. The van der Waals surface area contributed by atoms with Gasteiger partial charge in [0.05, 0.1) is 0 Å². The lowest BCUT2D eigenvalue weighted by Crippen LogP contribution is -2.40. The quantitative estimate of drug-likeness (QED) is 0.831. The van der Waals surface area contributed by atoms with Gasteiger partial charge in [-0.15, -0.1) is 0 Å². The predicted molar refractivity (Wildman–Crippen MR) is 75.8 cm³/mol. The molecule has 1 amide bonds. The van der Waals surface area contributed by atoms with Gasteiger partial charge in [-0.3, -0.25) is 4.79 Å². The van der Waals surface area contributed by atoms with Crippen molar-refractivity contribution in [2.24, 2.45) is 0 Å². The number of halogens is 1. The maximum atomic E-state index is 13.2. The predicted octanol–water partition coefficient (Wildman–Crippen LogP) is 2.19. The molecule has 0 radical (unpaired) electrons. The molecule has 0 saturated heterocycles. The molecule has 108 valence electrons. The molecule has 3 rings (SSSR count). The average Bonchev–Trinajstić information content (AvgIpc) is 2.45. The van der Waals surface area contributed by atoms with Crippen molar-refractivity contribution >= 4 is 17.3 Å². The number of anilines is 2. The van der Waals surface area contributed by atoms with Gasteiger partial charge in [0.25, 0.3) is 5.91 Å². The number of nitrogens with two attached hydrogens (primary N) is 1. The van der Waals surface area contributed by atoms with Gasteiger partial charge < -0.3 is 20.5 Å². The minimum absolute atomic E-state index is 0.0909. The van der Waals surface area contributed by atoms with Crippen molar-refractivity contribution < 1.29 is 18.7 Å². The van der Waals surface area contributed by atoms with Gasteiger partial charge >= 0.3 is 0 Å². The topological polar surface area (TPSA) is 73.6 Å². The number of para-hydroxylation sites is 2. The molecular weight excluding hydrogens is 275 g/mol. The van der Waals surface area contributed by atoms with Crippen LogP contribution in [0.2, 0.25) is 0 Å². The maximum Gasteiger partial charge on any atom is 0.269 e. The van der Waals surface area contributed by atoms with Crippen LogP contribution in [0.15, 0.2) is 42.5 Å². The Balaban J connectivity index is 1.72. The van der Waals surface area contributed by atoms with Gasteiger partial charge in [0, 0.05) is 11.4 Å². The summed E-state index contributed by atoms with van der Waals surface area (Å²) in [5, 5.41) is 2.56. The van der Waals surface area contributed by atoms with Crippen molar-refractivity contribution in [1.29, 1.82) is 0 Å². The normalized spacial score (nSPS) is 16.3. The molecule has 6 heteroatoms. The van der Waals surface area contributed by atoms with Crippen LogP contribution in [0.5, 0.6) is 11.5 Å². The first-order valence-electron chi connectivity index (χ1n) is 6.37. The average molecular weight is 288 g/mol. The first kappa shape index (κ1) is 13.2. The fourth-order valence-corrected chi connectivity index (χ4v) is 2.06. The van der Waals surface area contributed by atoms with Crippen molar-refractivity contribution in [2.75, 3.05) is 17.7 Å². The molecule has 2 aromatic rings. The second-order valence-corrected chi connectivity index (χ2v) is 4.63. The fraction of sp³-hybridized carbons (Fsp3) is 0.133. The highest BCUT2D eigenvalue weighted by Gasteiger charge is 2.27. The van der Waals surface area contributed by atoms with E-state index in [-0.39, 0.29) is 18.0 Å². The Morgan fingerprint density at radius 1 is 1.24 bits per heavy atom. The Bertz CT molecular complexity index is 670. The summed E-state index contributed by atoms with van der Waals surface area (Å²) in [7, 11) is 0. The van der Waals surface area contributed by atoms with Gasteiger partial charge in [-0.25, -0.2) is 4.39 Å². The second kappa shape index (κ2) is 5.32. The monoisotopic (exact) mass is 288 g/mol. The molecule has 2 aromatic carbocycles. The van der Waals surface area contributed by atoms with E-state index < -0.39 is 17.8 Å². The minimum atomic E-state index is -0.801. The third kappa shape index (κ3) is 2.89. The Kier molecular flexibility index (Phi) is 3.35. The van der Waals surface area contributed by atoms with Gasteiger partial charge in [-0.1, -0.05) is 12.1 Å². The van der Waals surface area contributed by atoms with E-state index in [2.05, 4.69) is 5.32 Å². The summed E-state index contributed by atoms with van der Waals surface area (Å²) in [5.41, 5.74) is 6.04. The summed E-state index contributed by atoms with van der Waals surface area (Å²) in [5.74, 6) is 0.158. The Morgan fingerprint density at radius 2 is 2.00 bits per heavy atom. The largest absolute Gasteiger partial charge is 0.485 e. The molecule has 0 fully saturated rings. The lowest BCUT2D eigenvalue weighted by atomic mass is 10.2. The van der Waals surface area contributed by atoms with Gasteiger partial charge in [0.15, 0.2) is 11.5 Å². The number of hydrogen-bond donors (Lipinski definition) is 2. The Hall–Kier alpha value is -2.76. The van der Waals surface area contributed by atoms with Crippen LogP contribution in [0.25, 0.3) is 0 Å². The summed E-state index contributed by atoms with van der Waals surface area (Å²) in [4.78, 5) is 12.1. The molecule has 1 unspecified atom stereocenters. The summed E-state index contributed by atoms with van der Waals surface area (Å²) >= 11 is 0. The molecule has 0 bridgehead atoms. The van der Waals surface area contributed by atoms with Gasteiger partial charge in [-0.2, -0.15) is 0 Å². The van der Waals surface area contributed by atoms with Crippen LogP contribution in [0, 0.1) is 5.82 Å². The standard InChI is InChI=1S/C15H13FN2O3/c16-9-5-10(17)7-11(6-9)18-15(19)14-8-20-12-3-1-2-4-13(12)21-14/h1-7,14H,8,17H2,(H,18,19). The first-order chi connectivity index (χ1) is 10.1. The third-order valence-electron chi connectivity index (χ3n) is 2.99. The second-order valence-electron chi connectivity index (χ2n) is 4.63. The zero-order chi connectivity index (χ0) is 14.8. The zero-order valence-electron chi connectivity index (χ0n) is 11.0. The molecule has 5 nitrogen and oxygen atoms in total. The number of hydrogen-bond acceptors (Lipinski definition) is 4. The molecule has 0 aromatic heterocycles. The molecule has 0 saturated carbocycles. The van der Waals surface area contributed by atoms with Crippen molar-refractivity contribution in [3.8, 4) is 11.5 Å². The number of rotatable bonds is 2. The van der Waals surface area contributed by atoms with Gasteiger partial charge in [0.2, 0.25) is 6.10 Å². The minimum Gasteiger partial charge on any atom is -0.485 e. The lowest BCUT2D eigenvalue weighted by Gasteiger charge is -2.25. The summed E-state index contributed by atoms with van der Waals surface area (Å²) in [6.45, 7) is 0.0909. The zero-order valence-corrected chi connectivity index (χ0v) is 11.0. The molecule has 1 heterocycles. The van der Waals surface area contributed by atoms with E-state index in [9.17, 15) is 9.18 Å². The maximum absolute atomic E-state index is 13.2. The lowest BCUT2D eigenvalue weighted by molar-refractivity contribution is -0.125. The van der Waals surface area contributed by atoms with Crippen molar-refractivity contribution in [2.45, 2.75) is 6.10 Å². The molecule has 0 aliphatic carbocycles. The van der Waals surface area contributed by atoms with Gasteiger partial charge in [0.1, 0.15) is 12.4 Å². The molecular formula is C15H13FN2O3. The fourth-order valence-electron chi connectivity index (χ4n) is 2.06. The summed E-state index contributed by atoms with van der Waals surface area (Å²) < 4.78 is 24.3. The van der Waals surface area contributed by atoms with Crippen LogP contribution in [-0.4, -0.2) is 18.6 Å². The van der Waals surface area contributed by atoms with Crippen molar-refractivity contribution in [3.63, 3.8) is 0 Å². The number of benzene rings is 2. The Morgan fingerprint density at radius 3 is 2.76 bits per heavy atom. The van der Waals surface area contributed by atoms with Crippen LogP contribution in [0.1, 0.15) is 0 Å². The van der Waals surface area contributed by atoms with Gasteiger partial charge in [-0.05, 0) is 30.3 Å². The summed E-state index contributed by atoms with van der Waals surface area (Å²) in [6.07, 6.45) is -0.801. The summed E-state index contributed by atoms with van der Waals surface area (Å²) in [6, 6.07) is 10.9. The highest BCUT2D eigenvalue weighted by atomic mass is 19.1. The van der Waals surface area contributed by atoms with E-state index in [1.54, 1.807) is 18.2 Å².